The van der Waals surface area contributed by atoms with Gasteiger partial charge in [0.05, 0.1) is 19.8 Å². The Hall–Kier alpha value is -1.71. The summed E-state index contributed by atoms with van der Waals surface area (Å²) in [6.45, 7) is 8.92. The van der Waals surface area contributed by atoms with Crippen molar-refractivity contribution in [3.8, 4) is 5.75 Å². The molecule has 1 aliphatic rings. The summed E-state index contributed by atoms with van der Waals surface area (Å²) in [5.74, 6) is 1.74. The number of benzene rings is 1. The summed E-state index contributed by atoms with van der Waals surface area (Å²) in [7, 11) is 0. The second kappa shape index (κ2) is 12.7. The molecule has 28 heavy (non-hydrogen) atoms. The van der Waals surface area contributed by atoms with Gasteiger partial charge in [-0.2, -0.15) is 0 Å². The average molecular weight is 504 g/mol. The minimum atomic E-state index is -0.240. The zero-order valence-electron chi connectivity index (χ0n) is 17.0. The van der Waals surface area contributed by atoms with Crippen LogP contribution in [0.5, 0.6) is 5.75 Å². The molecule has 0 atom stereocenters. The molecule has 1 aromatic carbocycles. The van der Waals surface area contributed by atoms with Crippen molar-refractivity contribution in [2.45, 2.75) is 46.2 Å². The van der Waals surface area contributed by atoms with Crippen LogP contribution < -0.4 is 15.8 Å². The molecule has 3 N–H and O–H groups in total. The Bertz CT molecular complexity index is 632. The summed E-state index contributed by atoms with van der Waals surface area (Å²) >= 11 is 0. The molecule has 1 aromatic rings. The first-order valence-corrected chi connectivity index (χ1v) is 9.68. The zero-order valence-corrected chi connectivity index (χ0v) is 19.3. The molecule has 0 bridgehead atoms. The molecule has 0 spiro atoms. The second-order valence-corrected chi connectivity index (χ2v) is 7.12. The van der Waals surface area contributed by atoms with Gasteiger partial charge >= 0.3 is 6.09 Å². The van der Waals surface area contributed by atoms with Gasteiger partial charge in [-0.05, 0) is 31.7 Å². The minimum absolute atomic E-state index is 0. The summed E-state index contributed by atoms with van der Waals surface area (Å²) in [4.78, 5) is 17.9. The van der Waals surface area contributed by atoms with E-state index >= 15 is 0 Å². The molecule has 1 fully saturated rings. The average Bonchev–Trinajstić information content (AvgIpc) is 2.66. The van der Waals surface area contributed by atoms with Gasteiger partial charge in [0.15, 0.2) is 5.96 Å². The van der Waals surface area contributed by atoms with Crippen LogP contribution >= 0.6 is 24.0 Å². The van der Waals surface area contributed by atoms with E-state index in [0.29, 0.717) is 44.7 Å². The predicted molar refractivity (Wildman–Crippen MR) is 122 cm³/mol. The van der Waals surface area contributed by atoms with Crippen LogP contribution in [0.1, 0.15) is 39.2 Å². The third kappa shape index (κ3) is 8.12. The van der Waals surface area contributed by atoms with Gasteiger partial charge in [0.25, 0.3) is 0 Å². The molecule has 0 saturated carbocycles. The summed E-state index contributed by atoms with van der Waals surface area (Å²) in [5.41, 5.74) is 7.07. The van der Waals surface area contributed by atoms with E-state index in [1.807, 2.05) is 31.2 Å². The van der Waals surface area contributed by atoms with E-state index in [2.05, 4.69) is 24.2 Å². The Kier molecular flexibility index (Phi) is 11.0. The van der Waals surface area contributed by atoms with E-state index in [4.69, 9.17) is 15.2 Å². The summed E-state index contributed by atoms with van der Waals surface area (Å²) in [6.07, 6.45) is 1.40. The zero-order chi connectivity index (χ0) is 19.6. The molecule has 7 nitrogen and oxygen atoms in total. The van der Waals surface area contributed by atoms with E-state index in [1.54, 1.807) is 4.90 Å². The first-order chi connectivity index (χ1) is 13.0. The number of guanidine groups is 1. The smallest absolute Gasteiger partial charge is 0.409 e. The van der Waals surface area contributed by atoms with Crippen LogP contribution in [0.15, 0.2) is 29.3 Å². The fourth-order valence-electron chi connectivity index (χ4n) is 2.88. The number of para-hydroxylation sites is 1. The molecule has 0 radical (unpaired) electrons. The van der Waals surface area contributed by atoms with Crippen molar-refractivity contribution >= 4 is 36.0 Å². The molecule has 0 aromatic heterocycles. The van der Waals surface area contributed by atoms with Gasteiger partial charge in [-0.3, -0.25) is 0 Å². The molecule has 1 saturated heterocycles. The SMILES string of the molecule is CCOC(=O)N1CCC(NC(N)=NCc2ccccc2OCC(C)C)CC1.I. The summed E-state index contributed by atoms with van der Waals surface area (Å²) in [5, 5.41) is 3.26. The van der Waals surface area contributed by atoms with E-state index in [1.165, 1.54) is 0 Å². The highest BCUT2D eigenvalue weighted by Gasteiger charge is 2.23. The highest BCUT2D eigenvalue weighted by Crippen LogP contribution is 2.19. The standard InChI is InChI=1S/C20H32N4O3.HI/c1-4-26-20(25)24-11-9-17(10-12-24)23-19(21)22-13-16-7-5-6-8-18(16)27-14-15(2)3;/h5-8,15,17H,4,9-14H2,1-3H3,(H3,21,22,23);1H. The normalized spacial score (nSPS) is 15.1. The van der Waals surface area contributed by atoms with Gasteiger partial charge in [-0.15, -0.1) is 24.0 Å². The Morgan fingerprint density at radius 1 is 1.32 bits per heavy atom. The van der Waals surface area contributed by atoms with E-state index in [0.717, 1.165) is 24.2 Å². The fraction of sp³-hybridized carbons (Fsp3) is 0.600. The lowest BCUT2D eigenvalue weighted by Crippen LogP contribution is -2.48. The number of aliphatic imine (C=N–C) groups is 1. The number of nitrogens with one attached hydrogen (secondary N) is 1. The largest absolute Gasteiger partial charge is 0.493 e. The van der Waals surface area contributed by atoms with E-state index in [-0.39, 0.29) is 36.1 Å². The Balaban J connectivity index is 0.00000392. The van der Waals surface area contributed by atoms with Gasteiger partial charge in [-0.25, -0.2) is 9.79 Å². The first kappa shape index (κ1) is 24.3. The molecular weight excluding hydrogens is 471 g/mol. The maximum absolute atomic E-state index is 11.7. The molecule has 0 aliphatic carbocycles. The molecular formula is C20H33IN4O3. The van der Waals surface area contributed by atoms with Crippen molar-refractivity contribution in [3.05, 3.63) is 29.8 Å². The lowest BCUT2D eigenvalue weighted by molar-refractivity contribution is 0.0963. The third-order valence-corrected chi connectivity index (χ3v) is 4.34. The van der Waals surface area contributed by atoms with Gasteiger partial charge in [0, 0.05) is 24.7 Å². The van der Waals surface area contributed by atoms with Crippen LogP contribution in [-0.2, 0) is 11.3 Å². The highest BCUT2D eigenvalue weighted by atomic mass is 127. The number of hydrogen-bond acceptors (Lipinski definition) is 4. The van der Waals surface area contributed by atoms with Gasteiger partial charge in [-0.1, -0.05) is 32.0 Å². The van der Waals surface area contributed by atoms with Crippen LogP contribution in [0.3, 0.4) is 0 Å². The molecule has 1 amide bonds. The second-order valence-electron chi connectivity index (χ2n) is 7.12. The third-order valence-electron chi connectivity index (χ3n) is 4.34. The van der Waals surface area contributed by atoms with Crippen molar-refractivity contribution < 1.29 is 14.3 Å². The lowest BCUT2D eigenvalue weighted by Gasteiger charge is -2.31. The van der Waals surface area contributed by atoms with Gasteiger partial charge in [0.1, 0.15) is 5.75 Å². The Labute approximate surface area is 185 Å². The van der Waals surface area contributed by atoms with Crippen molar-refractivity contribution in [3.63, 3.8) is 0 Å². The number of piperidine rings is 1. The number of hydrogen-bond donors (Lipinski definition) is 2. The monoisotopic (exact) mass is 504 g/mol. The highest BCUT2D eigenvalue weighted by molar-refractivity contribution is 14.0. The number of carbonyl (C=O) groups is 1. The number of nitrogens with zero attached hydrogens (tertiary/aromatic N) is 2. The van der Waals surface area contributed by atoms with Crippen molar-refractivity contribution in [2.75, 3.05) is 26.3 Å². The minimum Gasteiger partial charge on any atom is -0.493 e. The number of amides is 1. The Morgan fingerprint density at radius 3 is 2.64 bits per heavy atom. The van der Waals surface area contributed by atoms with Crippen LogP contribution in [0.4, 0.5) is 4.79 Å². The number of ether oxygens (including phenoxy) is 2. The van der Waals surface area contributed by atoms with Crippen LogP contribution in [0.25, 0.3) is 0 Å². The number of likely N-dealkylation sites (tertiary alicyclic amines) is 1. The number of rotatable bonds is 7. The van der Waals surface area contributed by atoms with Crippen LogP contribution in [-0.4, -0.2) is 49.3 Å². The molecule has 1 aliphatic heterocycles. The maximum atomic E-state index is 11.7. The lowest BCUT2D eigenvalue weighted by atomic mass is 10.1. The fourth-order valence-corrected chi connectivity index (χ4v) is 2.88. The number of carbonyl (C=O) groups excluding carboxylic acids is 1. The molecule has 158 valence electrons. The van der Waals surface area contributed by atoms with Crippen LogP contribution in [0, 0.1) is 5.92 Å². The van der Waals surface area contributed by atoms with Crippen LogP contribution in [0.2, 0.25) is 0 Å². The predicted octanol–water partition coefficient (Wildman–Crippen LogP) is 3.36. The molecule has 1 heterocycles. The molecule has 0 unspecified atom stereocenters. The number of halogens is 1. The maximum Gasteiger partial charge on any atom is 0.409 e. The van der Waals surface area contributed by atoms with Crippen molar-refractivity contribution in [1.82, 2.24) is 10.2 Å². The van der Waals surface area contributed by atoms with Gasteiger partial charge < -0.3 is 25.4 Å². The van der Waals surface area contributed by atoms with E-state index in [9.17, 15) is 4.79 Å². The van der Waals surface area contributed by atoms with E-state index < -0.39 is 0 Å². The summed E-state index contributed by atoms with van der Waals surface area (Å²) < 4.78 is 10.9. The number of nitrogens with two attached hydrogens (primary N) is 1. The first-order valence-electron chi connectivity index (χ1n) is 9.68. The van der Waals surface area contributed by atoms with Gasteiger partial charge in [0.2, 0.25) is 0 Å². The topological polar surface area (TPSA) is 89.2 Å². The molecule has 2 rings (SSSR count). The Morgan fingerprint density at radius 2 is 2.00 bits per heavy atom. The van der Waals surface area contributed by atoms with Crippen molar-refractivity contribution in [2.24, 2.45) is 16.6 Å². The summed E-state index contributed by atoms with van der Waals surface area (Å²) in [6, 6.07) is 8.11. The molecule has 8 heteroatoms. The van der Waals surface area contributed by atoms with Crippen molar-refractivity contribution in [1.29, 1.82) is 0 Å². The quantitative estimate of drug-likeness (QED) is 0.338.